The fraction of sp³-hybridized carbons (Fsp3) is 0.300. The van der Waals surface area contributed by atoms with E-state index in [1.54, 1.807) is 0 Å². The molecule has 2 heterocycles. The van der Waals surface area contributed by atoms with Crippen molar-refractivity contribution >= 4 is 5.97 Å². The fourth-order valence-electron chi connectivity index (χ4n) is 1.48. The lowest BCUT2D eigenvalue weighted by Gasteiger charge is -2.05. The Morgan fingerprint density at radius 3 is 2.94 bits per heavy atom. The summed E-state index contributed by atoms with van der Waals surface area (Å²) in [4.78, 5) is 11.2. The minimum absolute atomic E-state index is 0.0985. The number of carbonyl (C=O) groups is 1. The summed E-state index contributed by atoms with van der Waals surface area (Å²) in [6.45, 7) is -2.60. The maximum Gasteiger partial charge on any atom is 0.341 e. The Bertz CT molecular complexity index is 550. The molecule has 2 aromatic rings. The largest absolute Gasteiger partial charge is 0.465 e. The van der Waals surface area contributed by atoms with Crippen LogP contribution >= 0.6 is 0 Å². The highest BCUT2D eigenvalue weighted by molar-refractivity contribution is 5.88. The molecule has 0 saturated heterocycles. The highest BCUT2D eigenvalue weighted by atomic mass is 19.3. The van der Waals surface area contributed by atoms with Crippen LogP contribution in [0.3, 0.4) is 0 Å². The van der Waals surface area contributed by atoms with Gasteiger partial charge < -0.3 is 4.74 Å². The van der Waals surface area contributed by atoms with Crippen molar-refractivity contribution in [1.29, 1.82) is 0 Å². The molecule has 0 N–H and O–H groups in total. The first kappa shape index (κ1) is 12.2. The topological polar surface area (TPSA) is 61.9 Å². The van der Waals surface area contributed by atoms with Crippen LogP contribution in [0.5, 0.6) is 0 Å². The molecule has 0 aromatic carbocycles. The van der Waals surface area contributed by atoms with Gasteiger partial charge in [-0.2, -0.15) is 19.0 Å². The molecule has 2 aromatic heterocycles. The lowest BCUT2D eigenvalue weighted by atomic mass is 10.4. The van der Waals surface area contributed by atoms with E-state index in [1.165, 1.54) is 36.4 Å². The van der Waals surface area contributed by atoms with Crippen LogP contribution in [0.15, 0.2) is 24.7 Å². The maximum absolute atomic E-state index is 12.5. The summed E-state index contributed by atoms with van der Waals surface area (Å²) in [6, 6.07) is 1.46. The minimum atomic E-state index is -2.70. The number of ether oxygens (including phenoxy) is 1. The summed E-state index contributed by atoms with van der Waals surface area (Å²) in [5, 5.41) is 7.39. The Morgan fingerprint density at radius 1 is 1.50 bits per heavy atom. The zero-order valence-corrected chi connectivity index (χ0v) is 9.46. The number of carbonyl (C=O) groups excluding carboxylic acids is 1. The van der Waals surface area contributed by atoms with Crippen molar-refractivity contribution in [3.63, 3.8) is 0 Å². The highest BCUT2D eigenvalue weighted by Gasteiger charge is 2.13. The zero-order chi connectivity index (χ0) is 13.1. The second-order valence-corrected chi connectivity index (χ2v) is 3.46. The molecule has 0 radical (unpaired) electrons. The van der Waals surface area contributed by atoms with Crippen molar-refractivity contribution in [3.8, 4) is 0 Å². The minimum Gasteiger partial charge on any atom is -0.465 e. The fourth-order valence-corrected chi connectivity index (χ4v) is 1.48. The second-order valence-electron chi connectivity index (χ2n) is 3.46. The van der Waals surface area contributed by atoms with E-state index in [-0.39, 0.29) is 12.1 Å². The molecule has 0 spiro atoms. The highest BCUT2D eigenvalue weighted by Crippen LogP contribution is 2.13. The van der Waals surface area contributed by atoms with Crippen LogP contribution in [-0.4, -0.2) is 32.6 Å². The number of rotatable bonds is 4. The van der Waals surface area contributed by atoms with E-state index in [0.29, 0.717) is 10.4 Å². The van der Waals surface area contributed by atoms with E-state index in [4.69, 9.17) is 0 Å². The zero-order valence-electron chi connectivity index (χ0n) is 9.46. The lowest BCUT2D eigenvalue weighted by molar-refractivity contribution is 0.0529. The average Bonchev–Trinajstić information content (AvgIpc) is 2.97. The third-order valence-electron chi connectivity index (χ3n) is 2.32. The van der Waals surface area contributed by atoms with Gasteiger partial charge in [-0.1, -0.05) is 0 Å². The van der Waals surface area contributed by atoms with Crippen molar-refractivity contribution in [1.82, 2.24) is 19.6 Å². The number of nitrogens with zero attached hydrogens (tertiary/aromatic N) is 4. The van der Waals surface area contributed by atoms with Crippen molar-refractivity contribution in [2.24, 2.45) is 0 Å². The number of halogens is 2. The van der Waals surface area contributed by atoms with Gasteiger partial charge in [-0.05, 0) is 6.07 Å². The number of alkyl halides is 2. The van der Waals surface area contributed by atoms with Gasteiger partial charge >= 0.3 is 12.5 Å². The first-order chi connectivity index (χ1) is 8.61. The van der Waals surface area contributed by atoms with E-state index >= 15 is 0 Å². The monoisotopic (exact) mass is 256 g/mol. The molecule has 18 heavy (non-hydrogen) atoms. The molecule has 0 unspecified atom stereocenters. The first-order valence-corrected chi connectivity index (χ1v) is 5.03. The van der Waals surface area contributed by atoms with Gasteiger partial charge in [-0.3, -0.25) is 4.68 Å². The van der Waals surface area contributed by atoms with Crippen molar-refractivity contribution < 1.29 is 18.3 Å². The third-order valence-corrected chi connectivity index (χ3v) is 2.32. The summed E-state index contributed by atoms with van der Waals surface area (Å²) in [7, 11) is 1.26. The normalized spacial score (nSPS) is 10.9. The molecule has 0 atom stereocenters. The molecule has 0 saturated carbocycles. The van der Waals surface area contributed by atoms with Gasteiger partial charge in [0.05, 0.1) is 31.1 Å². The predicted octanol–water partition coefficient (Wildman–Crippen LogP) is 1.31. The molecule has 2 rings (SSSR count). The van der Waals surface area contributed by atoms with E-state index in [2.05, 4.69) is 14.9 Å². The van der Waals surface area contributed by atoms with E-state index in [0.717, 1.165) is 0 Å². The van der Waals surface area contributed by atoms with Gasteiger partial charge in [-0.15, -0.1) is 0 Å². The number of hydrogen-bond acceptors (Lipinski definition) is 4. The van der Waals surface area contributed by atoms with Crippen LogP contribution in [0.25, 0.3) is 0 Å². The second kappa shape index (κ2) is 4.94. The van der Waals surface area contributed by atoms with Gasteiger partial charge in [0.1, 0.15) is 0 Å². The van der Waals surface area contributed by atoms with Crippen LogP contribution in [0.1, 0.15) is 22.6 Å². The Morgan fingerprint density at radius 2 is 2.28 bits per heavy atom. The smallest absolute Gasteiger partial charge is 0.341 e. The van der Waals surface area contributed by atoms with Gasteiger partial charge in [0.25, 0.3) is 0 Å². The van der Waals surface area contributed by atoms with Gasteiger partial charge in [0, 0.05) is 12.4 Å². The molecule has 0 bridgehead atoms. The molecular weight excluding hydrogens is 246 g/mol. The molecule has 0 fully saturated rings. The molecule has 6 nitrogen and oxygen atoms in total. The Hall–Kier alpha value is -2.25. The van der Waals surface area contributed by atoms with Crippen molar-refractivity contribution in [3.05, 3.63) is 35.9 Å². The van der Waals surface area contributed by atoms with Crippen LogP contribution in [0.2, 0.25) is 0 Å². The molecule has 0 aliphatic carbocycles. The SMILES string of the molecule is COC(=O)c1cnn(Cc2ccnn2C(F)F)c1. The Labute approximate surface area is 101 Å². The summed E-state index contributed by atoms with van der Waals surface area (Å²) >= 11 is 0. The van der Waals surface area contributed by atoms with Crippen LogP contribution < -0.4 is 0 Å². The number of aromatic nitrogens is 4. The summed E-state index contributed by atoms with van der Waals surface area (Å²) in [5.74, 6) is -0.524. The molecule has 0 aliphatic heterocycles. The van der Waals surface area contributed by atoms with Gasteiger partial charge in [0.15, 0.2) is 0 Å². The van der Waals surface area contributed by atoms with Crippen molar-refractivity contribution in [2.75, 3.05) is 7.11 Å². The Kier molecular flexibility index (Phi) is 3.35. The molecule has 0 aliphatic rings. The van der Waals surface area contributed by atoms with E-state index < -0.39 is 12.5 Å². The third kappa shape index (κ3) is 2.36. The van der Waals surface area contributed by atoms with E-state index in [1.807, 2.05) is 0 Å². The quantitative estimate of drug-likeness (QED) is 0.774. The molecular formula is C10H10F2N4O2. The molecule has 8 heteroatoms. The van der Waals surface area contributed by atoms with Crippen molar-refractivity contribution in [2.45, 2.75) is 13.1 Å². The number of hydrogen-bond donors (Lipinski definition) is 0. The lowest BCUT2D eigenvalue weighted by Crippen LogP contribution is -2.10. The van der Waals surface area contributed by atoms with Crippen LogP contribution in [0, 0.1) is 0 Å². The Balaban J connectivity index is 2.16. The van der Waals surface area contributed by atoms with E-state index in [9.17, 15) is 13.6 Å². The number of esters is 1. The van der Waals surface area contributed by atoms with Gasteiger partial charge in [0.2, 0.25) is 0 Å². The van der Waals surface area contributed by atoms with Gasteiger partial charge in [-0.25, -0.2) is 9.48 Å². The maximum atomic E-state index is 12.5. The summed E-state index contributed by atoms with van der Waals surface area (Å²) < 4.78 is 31.6. The average molecular weight is 256 g/mol. The summed E-state index contributed by atoms with van der Waals surface area (Å²) in [5.41, 5.74) is 0.560. The standard InChI is InChI=1S/C10H10F2N4O2/c1-18-9(17)7-4-14-15(5-7)6-8-2-3-13-16(8)10(11)12/h2-5,10H,6H2,1H3. The number of methoxy groups -OCH3 is 1. The predicted molar refractivity (Wildman–Crippen MR) is 56.1 cm³/mol. The first-order valence-electron chi connectivity index (χ1n) is 5.03. The van der Waals surface area contributed by atoms with Crippen LogP contribution in [0.4, 0.5) is 8.78 Å². The van der Waals surface area contributed by atoms with Crippen LogP contribution in [-0.2, 0) is 11.3 Å². The summed E-state index contributed by atoms with van der Waals surface area (Å²) in [6.07, 6.45) is 4.02. The molecule has 96 valence electrons. The molecule has 0 amide bonds.